The molecule has 0 amide bonds. The van der Waals surface area contributed by atoms with E-state index in [1.165, 1.54) is 16.4 Å². The van der Waals surface area contributed by atoms with E-state index in [9.17, 15) is 13.2 Å². The van der Waals surface area contributed by atoms with Gasteiger partial charge in [0, 0.05) is 29.6 Å². The maximum Gasteiger partial charge on any atom is 0.252 e. The number of benzene rings is 2. The Bertz CT molecular complexity index is 1300. The largest absolute Gasteiger partial charge is 0.376 e. The lowest BCUT2D eigenvalue weighted by Crippen LogP contribution is -2.43. The molecule has 4 rings (SSSR count). The number of ether oxygens (including phenoxy) is 2. The molecule has 1 aliphatic heterocycles. The van der Waals surface area contributed by atoms with Gasteiger partial charge in [-0.25, -0.2) is 8.42 Å². The predicted molar refractivity (Wildman–Crippen MR) is 124 cm³/mol. The van der Waals surface area contributed by atoms with Crippen LogP contribution in [0, 0.1) is 13.8 Å². The van der Waals surface area contributed by atoms with Gasteiger partial charge in [0.2, 0.25) is 10.0 Å². The predicted octanol–water partition coefficient (Wildman–Crippen LogP) is 3.40. The van der Waals surface area contributed by atoms with E-state index in [0.717, 1.165) is 22.0 Å². The van der Waals surface area contributed by atoms with Gasteiger partial charge in [0.15, 0.2) is 0 Å². The Morgan fingerprint density at radius 1 is 1.16 bits per heavy atom. The van der Waals surface area contributed by atoms with Crippen molar-refractivity contribution >= 4 is 32.5 Å². The number of aryl methyl sites for hydroxylation is 2. The zero-order valence-electron chi connectivity index (χ0n) is 17.9. The number of hydrogen-bond acceptors (Lipinski definition) is 5. The molecule has 1 unspecified atom stereocenters. The number of sulfonamides is 1. The van der Waals surface area contributed by atoms with E-state index in [4.69, 9.17) is 21.1 Å². The fourth-order valence-corrected chi connectivity index (χ4v) is 5.88. The minimum Gasteiger partial charge on any atom is -0.376 e. The molecule has 3 aromatic rings. The summed E-state index contributed by atoms with van der Waals surface area (Å²) in [5, 5.41) is 0.995. The topological polar surface area (TPSA) is 88.7 Å². The highest BCUT2D eigenvalue weighted by atomic mass is 35.5. The van der Waals surface area contributed by atoms with Gasteiger partial charge in [-0.2, -0.15) is 4.31 Å². The first-order valence-corrected chi connectivity index (χ1v) is 12.1. The molecule has 0 radical (unpaired) electrons. The normalized spacial score (nSPS) is 17.2. The highest BCUT2D eigenvalue weighted by Crippen LogP contribution is 2.27. The van der Waals surface area contributed by atoms with Crippen LogP contribution in [0.5, 0.6) is 0 Å². The summed E-state index contributed by atoms with van der Waals surface area (Å²) in [7, 11) is -4.00. The SMILES string of the molecule is Cc1cc(C)c2cc(CN(CC3COCCO3)S(=O)(=O)c3ccccc3Cl)c(=O)[nH]c2c1. The van der Waals surface area contributed by atoms with Crippen LogP contribution in [0.3, 0.4) is 0 Å². The summed E-state index contributed by atoms with van der Waals surface area (Å²) in [4.78, 5) is 15.7. The van der Waals surface area contributed by atoms with Crippen molar-refractivity contribution in [2.75, 3.05) is 26.4 Å². The second-order valence-corrected chi connectivity index (χ2v) is 10.3. The lowest BCUT2D eigenvalue weighted by Gasteiger charge is -2.29. The quantitative estimate of drug-likeness (QED) is 0.589. The molecule has 0 aliphatic carbocycles. The molecular formula is C23H25ClN2O5S. The van der Waals surface area contributed by atoms with Gasteiger partial charge >= 0.3 is 0 Å². The van der Waals surface area contributed by atoms with Crippen molar-refractivity contribution in [1.82, 2.24) is 9.29 Å². The van der Waals surface area contributed by atoms with Gasteiger partial charge in [0.25, 0.3) is 5.56 Å². The van der Waals surface area contributed by atoms with Crippen LogP contribution < -0.4 is 5.56 Å². The maximum atomic E-state index is 13.6. The molecule has 1 N–H and O–H groups in total. The molecule has 1 aromatic heterocycles. The minimum atomic E-state index is -4.00. The van der Waals surface area contributed by atoms with Gasteiger partial charge < -0.3 is 14.5 Å². The molecule has 7 nitrogen and oxygen atoms in total. The maximum absolute atomic E-state index is 13.6. The molecule has 0 spiro atoms. The Morgan fingerprint density at radius 2 is 1.94 bits per heavy atom. The van der Waals surface area contributed by atoms with Crippen molar-refractivity contribution in [3.8, 4) is 0 Å². The van der Waals surface area contributed by atoms with Crippen LogP contribution in [0.15, 0.2) is 52.2 Å². The molecule has 1 aliphatic rings. The molecule has 0 saturated carbocycles. The van der Waals surface area contributed by atoms with Crippen molar-refractivity contribution < 1.29 is 17.9 Å². The number of nitrogens with one attached hydrogen (secondary N) is 1. The average molecular weight is 477 g/mol. The summed E-state index contributed by atoms with van der Waals surface area (Å²) in [6.07, 6.45) is -0.440. The lowest BCUT2D eigenvalue weighted by atomic mass is 10.0. The van der Waals surface area contributed by atoms with Crippen molar-refractivity contribution in [3.63, 3.8) is 0 Å². The van der Waals surface area contributed by atoms with Crippen LogP contribution >= 0.6 is 11.6 Å². The third kappa shape index (κ3) is 4.74. The first-order chi connectivity index (χ1) is 15.3. The second kappa shape index (κ2) is 9.33. The summed E-state index contributed by atoms with van der Waals surface area (Å²) < 4.78 is 39.5. The minimum absolute atomic E-state index is 0.0117. The summed E-state index contributed by atoms with van der Waals surface area (Å²) in [6, 6.07) is 12.0. The summed E-state index contributed by atoms with van der Waals surface area (Å²) in [5.74, 6) is 0. The Morgan fingerprint density at radius 3 is 2.66 bits per heavy atom. The van der Waals surface area contributed by atoms with Crippen molar-refractivity contribution in [1.29, 1.82) is 0 Å². The highest BCUT2D eigenvalue weighted by molar-refractivity contribution is 7.89. The van der Waals surface area contributed by atoms with Crippen LogP contribution in [0.2, 0.25) is 5.02 Å². The number of pyridine rings is 1. The highest BCUT2D eigenvalue weighted by Gasteiger charge is 2.31. The van der Waals surface area contributed by atoms with E-state index >= 15 is 0 Å². The lowest BCUT2D eigenvalue weighted by molar-refractivity contribution is -0.0923. The molecule has 2 heterocycles. The molecule has 32 heavy (non-hydrogen) atoms. The molecule has 1 atom stereocenters. The first kappa shape index (κ1) is 22.9. The van der Waals surface area contributed by atoms with Gasteiger partial charge in [-0.1, -0.05) is 29.8 Å². The first-order valence-electron chi connectivity index (χ1n) is 10.3. The Balaban J connectivity index is 1.76. The molecule has 9 heteroatoms. The Hall–Kier alpha value is -2.23. The number of H-pyrrole nitrogens is 1. The third-order valence-electron chi connectivity index (χ3n) is 5.48. The standard InChI is InChI=1S/C23H25ClN2O5S/c1-15-9-16(2)19-11-17(23(27)25-21(19)10-15)12-26(13-18-14-30-7-8-31-18)32(28,29)22-6-4-3-5-20(22)24/h3-6,9-11,18H,7-8,12-14H2,1-2H3,(H,25,27). The second-order valence-electron chi connectivity index (χ2n) is 7.96. The molecule has 1 fully saturated rings. The number of fused-ring (bicyclic) bond motifs is 1. The van der Waals surface area contributed by atoms with Crippen molar-refractivity contribution in [2.45, 2.75) is 31.4 Å². The van der Waals surface area contributed by atoms with E-state index in [1.807, 2.05) is 26.0 Å². The summed E-state index contributed by atoms with van der Waals surface area (Å²) in [5.41, 5.74) is 2.78. The van der Waals surface area contributed by atoms with Gasteiger partial charge in [-0.05, 0) is 49.2 Å². The van der Waals surface area contributed by atoms with Gasteiger partial charge in [0.1, 0.15) is 4.90 Å². The number of nitrogens with zero attached hydrogens (tertiary/aromatic N) is 1. The van der Waals surface area contributed by atoms with E-state index in [2.05, 4.69) is 4.98 Å². The summed E-state index contributed by atoms with van der Waals surface area (Å²) >= 11 is 6.21. The van der Waals surface area contributed by atoms with E-state index in [-0.39, 0.29) is 35.2 Å². The average Bonchev–Trinajstić information content (AvgIpc) is 2.75. The Labute approximate surface area is 192 Å². The van der Waals surface area contributed by atoms with Gasteiger partial charge in [-0.3, -0.25) is 4.79 Å². The molecule has 2 aromatic carbocycles. The van der Waals surface area contributed by atoms with Gasteiger partial charge in [0.05, 0.1) is 30.9 Å². The monoisotopic (exact) mass is 476 g/mol. The van der Waals surface area contributed by atoms with Crippen molar-refractivity contribution in [2.24, 2.45) is 0 Å². The van der Waals surface area contributed by atoms with E-state index in [1.54, 1.807) is 18.2 Å². The number of halogens is 1. The van der Waals surface area contributed by atoms with Crippen LogP contribution in [-0.4, -0.2) is 50.2 Å². The zero-order chi connectivity index (χ0) is 22.9. The third-order valence-corrected chi connectivity index (χ3v) is 7.79. The van der Waals surface area contributed by atoms with E-state index < -0.39 is 16.1 Å². The fraction of sp³-hybridized carbons (Fsp3) is 0.348. The van der Waals surface area contributed by atoms with Gasteiger partial charge in [-0.15, -0.1) is 0 Å². The number of hydrogen-bond donors (Lipinski definition) is 1. The molecular weight excluding hydrogens is 452 g/mol. The molecule has 0 bridgehead atoms. The van der Waals surface area contributed by atoms with Crippen LogP contribution in [-0.2, 0) is 26.0 Å². The number of rotatable bonds is 6. The van der Waals surface area contributed by atoms with Crippen LogP contribution in [0.4, 0.5) is 0 Å². The smallest absolute Gasteiger partial charge is 0.252 e. The van der Waals surface area contributed by atoms with Crippen molar-refractivity contribution in [3.05, 3.63) is 74.5 Å². The molecule has 1 saturated heterocycles. The summed E-state index contributed by atoms with van der Waals surface area (Å²) in [6.45, 7) is 4.98. The zero-order valence-corrected chi connectivity index (χ0v) is 19.5. The Kier molecular flexibility index (Phi) is 6.69. The van der Waals surface area contributed by atoms with Crippen LogP contribution in [0.1, 0.15) is 16.7 Å². The van der Waals surface area contributed by atoms with Crippen LogP contribution in [0.25, 0.3) is 10.9 Å². The number of aromatic amines is 1. The number of aromatic nitrogens is 1. The van der Waals surface area contributed by atoms with E-state index in [0.29, 0.717) is 18.8 Å². The molecule has 170 valence electrons. The fourth-order valence-electron chi connectivity index (χ4n) is 3.93.